The second kappa shape index (κ2) is 5.01. The quantitative estimate of drug-likeness (QED) is 0.586. The summed E-state index contributed by atoms with van der Waals surface area (Å²) < 4.78 is 13.1. The van der Waals surface area contributed by atoms with Crippen molar-refractivity contribution in [2.24, 2.45) is 0 Å². The fraction of sp³-hybridized carbons (Fsp3) is 0.182. The largest absolute Gasteiger partial charge is 0.478 e. The van der Waals surface area contributed by atoms with Crippen LogP contribution in [0.15, 0.2) is 18.2 Å². The Morgan fingerprint density at radius 1 is 1.60 bits per heavy atom. The highest BCUT2D eigenvalue weighted by atomic mass is 19.1. The molecular weight excluding hydrogens is 197 g/mol. The normalized spacial score (nSPS) is 9.33. The van der Waals surface area contributed by atoms with Gasteiger partial charge in [-0.3, -0.25) is 0 Å². The van der Waals surface area contributed by atoms with Crippen molar-refractivity contribution >= 4 is 11.7 Å². The number of rotatable bonds is 4. The van der Waals surface area contributed by atoms with Crippen molar-refractivity contribution in [1.29, 1.82) is 0 Å². The SMILES string of the molecule is C#CCCNc1ccc(C(=O)O)c(F)c1. The molecule has 0 atom stereocenters. The van der Waals surface area contributed by atoms with Crippen molar-refractivity contribution in [3.8, 4) is 12.3 Å². The summed E-state index contributed by atoms with van der Waals surface area (Å²) in [6.07, 6.45) is 5.57. The molecule has 0 aliphatic rings. The van der Waals surface area contributed by atoms with Crippen LogP contribution in [0.3, 0.4) is 0 Å². The first-order valence-corrected chi connectivity index (χ1v) is 4.35. The maximum atomic E-state index is 13.1. The molecule has 3 nitrogen and oxygen atoms in total. The lowest BCUT2D eigenvalue weighted by Crippen LogP contribution is -2.04. The van der Waals surface area contributed by atoms with Gasteiger partial charge in [0.05, 0.1) is 5.56 Å². The average molecular weight is 207 g/mol. The van der Waals surface area contributed by atoms with Crippen LogP contribution in [0.4, 0.5) is 10.1 Å². The molecule has 0 bridgehead atoms. The van der Waals surface area contributed by atoms with E-state index in [9.17, 15) is 9.18 Å². The molecule has 78 valence electrons. The smallest absolute Gasteiger partial charge is 0.338 e. The van der Waals surface area contributed by atoms with Gasteiger partial charge in [0.15, 0.2) is 0 Å². The van der Waals surface area contributed by atoms with E-state index in [1.807, 2.05) is 0 Å². The number of nitrogens with one attached hydrogen (secondary N) is 1. The predicted octanol–water partition coefficient (Wildman–Crippen LogP) is 1.96. The van der Waals surface area contributed by atoms with E-state index in [0.29, 0.717) is 18.7 Å². The van der Waals surface area contributed by atoms with Crippen molar-refractivity contribution in [2.45, 2.75) is 6.42 Å². The monoisotopic (exact) mass is 207 g/mol. The number of carboxylic acids is 1. The zero-order valence-corrected chi connectivity index (χ0v) is 7.96. The molecule has 0 unspecified atom stereocenters. The molecule has 0 amide bonds. The van der Waals surface area contributed by atoms with Gasteiger partial charge in [-0.15, -0.1) is 12.3 Å². The molecule has 0 radical (unpaired) electrons. The van der Waals surface area contributed by atoms with Crippen LogP contribution in [-0.2, 0) is 0 Å². The Bertz CT molecular complexity index is 410. The van der Waals surface area contributed by atoms with E-state index in [-0.39, 0.29) is 5.56 Å². The second-order valence-corrected chi connectivity index (χ2v) is 2.88. The third-order valence-corrected chi connectivity index (χ3v) is 1.80. The highest BCUT2D eigenvalue weighted by molar-refractivity contribution is 5.88. The predicted molar refractivity (Wildman–Crippen MR) is 55.3 cm³/mol. The van der Waals surface area contributed by atoms with Gasteiger partial charge < -0.3 is 10.4 Å². The Balaban J connectivity index is 2.74. The number of hydrogen-bond acceptors (Lipinski definition) is 2. The summed E-state index contributed by atoms with van der Waals surface area (Å²) in [6.45, 7) is 0.530. The van der Waals surface area contributed by atoms with Crippen molar-refractivity contribution in [1.82, 2.24) is 0 Å². The van der Waals surface area contributed by atoms with Crippen LogP contribution in [0.1, 0.15) is 16.8 Å². The molecule has 1 aromatic carbocycles. The van der Waals surface area contributed by atoms with Gasteiger partial charge in [-0.1, -0.05) is 0 Å². The number of halogens is 1. The van der Waals surface area contributed by atoms with E-state index < -0.39 is 11.8 Å². The highest BCUT2D eigenvalue weighted by Crippen LogP contribution is 2.14. The Hall–Kier alpha value is -2.02. The molecule has 0 saturated heterocycles. The lowest BCUT2D eigenvalue weighted by Gasteiger charge is -2.05. The summed E-state index contributed by atoms with van der Waals surface area (Å²) in [4.78, 5) is 10.5. The van der Waals surface area contributed by atoms with E-state index >= 15 is 0 Å². The maximum Gasteiger partial charge on any atom is 0.338 e. The molecule has 0 spiro atoms. The Morgan fingerprint density at radius 2 is 2.33 bits per heavy atom. The Morgan fingerprint density at radius 3 is 2.87 bits per heavy atom. The third-order valence-electron chi connectivity index (χ3n) is 1.80. The van der Waals surface area contributed by atoms with E-state index in [1.54, 1.807) is 0 Å². The first-order chi connectivity index (χ1) is 7.15. The molecule has 0 saturated carbocycles. The van der Waals surface area contributed by atoms with Gasteiger partial charge in [-0.25, -0.2) is 9.18 Å². The fourth-order valence-electron chi connectivity index (χ4n) is 1.08. The lowest BCUT2D eigenvalue weighted by atomic mass is 10.2. The van der Waals surface area contributed by atoms with Crippen LogP contribution in [0, 0.1) is 18.2 Å². The topological polar surface area (TPSA) is 49.3 Å². The number of benzene rings is 1. The van der Waals surface area contributed by atoms with Gasteiger partial charge in [0.25, 0.3) is 0 Å². The van der Waals surface area contributed by atoms with E-state index in [2.05, 4.69) is 11.2 Å². The fourth-order valence-corrected chi connectivity index (χ4v) is 1.08. The van der Waals surface area contributed by atoms with Crippen molar-refractivity contribution in [2.75, 3.05) is 11.9 Å². The van der Waals surface area contributed by atoms with Crippen LogP contribution in [-0.4, -0.2) is 17.6 Å². The summed E-state index contributed by atoms with van der Waals surface area (Å²) in [7, 11) is 0. The molecule has 0 fully saturated rings. The summed E-state index contributed by atoms with van der Waals surface area (Å²) in [5, 5.41) is 11.5. The summed E-state index contributed by atoms with van der Waals surface area (Å²) in [5.41, 5.74) is 0.185. The molecule has 1 aromatic rings. The van der Waals surface area contributed by atoms with Gasteiger partial charge in [-0.05, 0) is 18.2 Å². The number of terminal acetylenes is 1. The van der Waals surface area contributed by atoms with Crippen LogP contribution >= 0.6 is 0 Å². The van der Waals surface area contributed by atoms with Gasteiger partial charge in [0, 0.05) is 18.7 Å². The molecule has 0 aromatic heterocycles. The number of carboxylic acid groups (broad SMARTS) is 1. The zero-order valence-electron chi connectivity index (χ0n) is 7.96. The molecule has 0 heterocycles. The third kappa shape index (κ3) is 2.99. The summed E-state index contributed by atoms with van der Waals surface area (Å²) in [6, 6.07) is 3.86. The van der Waals surface area contributed by atoms with E-state index in [1.165, 1.54) is 12.1 Å². The second-order valence-electron chi connectivity index (χ2n) is 2.88. The molecule has 0 aliphatic heterocycles. The maximum absolute atomic E-state index is 13.1. The zero-order chi connectivity index (χ0) is 11.3. The minimum atomic E-state index is -1.28. The number of aromatic carboxylic acids is 1. The summed E-state index contributed by atoms with van der Waals surface area (Å²) in [5.74, 6) is 0.400. The van der Waals surface area contributed by atoms with Gasteiger partial charge in [0.2, 0.25) is 0 Å². The van der Waals surface area contributed by atoms with Crippen LogP contribution in [0.25, 0.3) is 0 Å². The minimum Gasteiger partial charge on any atom is -0.478 e. The summed E-state index contributed by atoms with van der Waals surface area (Å²) >= 11 is 0. The van der Waals surface area contributed by atoms with Gasteiger partial charge in [0.1, 0.15) is 5.82 Å². The number of carbonyl (C=O) groups is 1. The molecule has 0 aliphatic carbocycles. The van der Waals surface area contributed by atoms with Gasteiger partial charge >= 0.3 is 5.97 Å². The van der Waals surface area contributed by atoms with Crippen molar-refractivity contribution in [3.63, 3.8) is 0 Å². The Kier molecular flexibility index (Phi) is 3.69. The average Bonchev–Trinajstić information content (AvgIpc) is 2.17. The Labute approximate surface area is 86.9 Å². The van der Waals surface area contributed by atoms with Crippen LogP contribution in [0.5, 0.6) is 0 Å². The van der Waals surface area contributed by atoms with Crippen molar-refractivity contribution in [3.05, 3.63) is 29.6 Å². The van der Waals surface area contributed by atoms with Crippen molar-refractivity contribution < 1.29 is 14.3 Å². The van der Waals surface area contributed by atoms with Crippen LogP contribution < -0.4 is 5.32 Å². The van der Waals surface area contributed by atoms with E-state index in [4.69, 9.17) is 11.5 Å². The highest BCUT2D eigenvalue weighted by Gasteiger charge is 2.09. The number of hydrogen-bond donors (Lipinski definition) is 2. The first kappa shape index (κ1) is 11.1. The lowest BCUT2D eigenvalue weighted by molar-refractivity contribution is 0.0692. The molecule has 4 heteroatoms. The van der Waals surface area contributed by atoms with Crippen LogP contribution in [0.2, 0.25) is 0 Å². The first-order valence-electron chi connectivity index (χ1n) is 4.35. The minimum absolute atomic E-state index is 0.336. The van der Waals surface area contributed by atoms with E-state index in [0.717, 1.165) is 6.07 Å². The molecule has 15 heavy (non-hydrogen) atoms. The molecular formula is C11H10FNO2. The molecule has 2 N–H and O–H groups in total. The standard InChI is InChI=1S/C11H10FNO2/c1-2-3-6-13-8-4-5-9(11(14)15)10(12)7-8/h1,4-5,7,13H,3,6H2,(H,14,15). The molecule has 1 rings (SSSR count). The number of anilines is 1. The van der Waals surface area contributed by atoms with Gasteiger partial charge in [-0.2, -0.15) is 0 Å².